The summed E-state index contributed by atoms with van der Waals surface area (Å²) in [5.41, 5.74) is 3.86. The maximum atomic E-state index is 12.8. The zero-order chi connectivity index (χ0) is 23.9. The highest BCUT2D eigenvalue weighted by Gasteiger charge is 2.14. The summed E-state index contributed by atoms with van der Waals surface area (Å²) in [5, 5.41) is 6.40. The van der Waals surface area contributed by atoms with Crippen molar-refractivity contribution in [3.8, 4) is 11.5 Å². The minimum Gasteiger partial charge on any atom is -0.494 e. The largest absolute Gasteiger partial charge is 0.494 e. The first-order valence-corrected chi connectivity index (χ1v) is 11.0. The molecule has 0 aliphatic rings. The van der Waals surface area contributed by atoms with E-state index in [1.54, 1.807) is 54.6 Å². The number of hydrogen-bond donors (Lipinski definition) is 1. The fourth-order valence-electron chi connectivity index (χ4n) is 3.33. The number of nitrogens with one attached hydrogen (secondary N) is 1. The van der Waals surface area contributed by atoms with E-state index < -0.39 is 5.97 Å². The molecule has 0 spiro atoms. The van der Waals surface area contributed by atoms with E-state index in [0.29, 0.717) is 39.8 Å². The third-order valence-electron chi connectivity index (χ3n) is 5.00. The zero-order valence-electron chi connectivity index (χ0n) is 18.3. The molecule has 4 aromatic rings. The molecule has 4 aromatic carbocycles. The van der Waals surface area contributed by atoms with Gasteiger partial charge in [-0.25, -0.2) is 10.2 Å². The van der Waals surface area contributed by atoms with Gasteiger partial charge in [0.05, 0.1) is 18.4 Å². The minimum absolute atomic E-state index is 0.321. The van der Waals surface area contributed by atoms with Gasteiger partial charge in [0.1, 0.15) is 11.5 Å². The Morgan fingerprint density at radius 2 is 1.62 bits per heavy atom. The molecule has 170 valence electrons. The average molecular weight is 473 g/mol. The summed E-state index contributed by atoms with van der Waals surface area (Å²) in [5.74, 6) is 0.0929. The highest BCUT2D eigenvalue weighted by Crippen LogP contribution is 2.27. The van der Waals surface area contributed by atoms with Gasteiger partial charge in [0.25, 0.3) is 5.91 Å². The van der Waals surface area contributed by atoms with E-state index in [-0.39, 0.29) is 5.91 Å². The molecule has 1 N–H and O–H groups in total. The van der Waals surface area contributed by atoms with Crippen molar-refractivity contribution in [1.82, 2.24) is 5.43 Å². The van der Waals surface area contributed by atoms with E-state index in [0.717, 1.165) is 10.8 Å². The molecule has 0 fully saturated rings. The van der Waals surface area contributed by atoms with Gasteiger partial charge >= 0.3 is 5.97 Å². The van der Waals surface area contributed by atoms with Crippen LogP contribution in [0.3, 0.4) is 0 Å². The van der Waals surface area contributed by atoms with Gasteiger partial charge in [-0.15, -0.1) is 0 Å². The van der Waals surface area contributed by atoms with E-state index in [1.165, 1.54) is 6.21 Å². The highest BCUT2D eigenvalue weighted by atomic mass is 35.5. The number of benzene rings is 4. The monoisotopic (exact) mass is 472 g/mol. The van der Waals surface area contributed by atoms with Gasteiger partial charge in [0.2, 0.25) is 0 Å². The fraction of sp³-hybridized carbons (Fsp3) is 0.0741. The van der Waals surface area contributed by atoms with Crippen LogP contribution in [0.2, 0.25) is 5.02 Å². The van der Waals surface area contributed by atoms with E-state index >= 15 is 0 Å². The second kappa shape index (κ2) is 10.6. The Bertz CT molecular complexity index is 1350. The van der Waals surface area contributed by atoms with Gasteiger partial charge in [-0.1, -0.05) is 41.9 Å². The molecular weight excluding hydrogens is 452 g/mol. The van der Waals surface area contributed by atoms with Gasteiger partial charge in [0, 0.05) is 16.1 Å². The van der Waals surface area contributed by atoms with Gasteiger partial charge in [-0.2, -0.15) is 5.10 Å². The summed E-state index contributed by atoms with van der Waals surface area (Å²) >= 11 is 5.87. The van der Waals surface area contributed by atoms with Gasteiger partial charge < -0.3 is 9.47 Å². The number of rotatable bonds is 7. The first-order chi connectivity index (χ1) is 16.5. The molecule has 0 aliphatic carbocycles. The van der Waals surface area contributed by atoms with Crippen LogP contribution in [-0.2, 0) is 0 Å². The number of carbonyl (C=O) groups is 2. The summed E-state index contributed by atoms with van der Waals surface area (Å²) in [4.78, 5) is 25.1. The molecule has 0 heterocycles. The van der Waals surface area contributed by atoms with Crippen molar-refractivity contribution in [2.24, 2.45) is 5.10 Å². The molecule has 0 unspecified atom stereocenters. The molecule has 0 saturated carbocycles. The summed E-state index contributed by atoms with van der Waals surface area (Å²) in [6, 6.07) is 24.4. The molecule has 0 bridgehead atoms. The Hall–Kier alpha value is -4.16. The quantitative estimate of drug-likeness (QED) is 0.158. The number of halogens is 1. The number of hydrogen-bond acceptors (Lipinski definition) is 5. The molecule has 0 aliphatic heterocycles. The summed E-state index contributed by atoms with van der Waals surface area (Å²) in [6.07, 6.45) is 1.47. The van der Waals surface area contributed by atoms with Crippen molar-refractivity contribution in [1.29, 1.82) is 0 Å². The molecular formula is C27H21ClN2O4. The van der Waals surface area contributed by atoms with Crippen molar-refractivity contribution in [3.05, 3.63) is 107 Å². The Labute approximate surface area is 201 Å². The number of carbonyl (C=O) groups excluding carboxylic acids is 2. The van der Waals surface area contributed by atoms with Crippen molar-refractivity contribution in [2.45, 2.75) is 6.92 Å². The number of hydrazone groups is 1. The minimum atomic E-state index is -0.516. The Morgan fingerprint density at radius 1 is 0.912 bits per heavy atom. The standard InChI is InChI=1S/C27H21ClN2O4/c1-2-33-22-14-9-20(10-15-22)27(32)34-25-16-11-18-5-3-4-6-23(18)24(25)17-29-30-26(31)19-7-12-21(28)13-8-19/h3-17H,2H2,1H3,(H,30,31). The van der Waals surface area contributed by atoms with Crippen LogP contribution in [-0.4, -0.2) is 24.7 Å². The van der Waals surface area contributed by atoms with Crippen LogP contribution in [0.1, 0.15) is 33.2 Å². The van der Waals surface area contributed by atoms with Crippen LogP contribution in [0.15, 0.2) is 90.0 Å². The normalized spacial score (nSPS) is 10.9. The first-order valence-electron chi connectivity index (χ1n) is 10.6. The second-order valence-electron chi connectivity index (χ2n) is 7.25. The summed E-state index contributed by atoms with van der Waals surface area (Å²) in [7, 11) is 0. The lowest BCUT2D eigenvalue weighted by Gasteiger charge is -2.11. The van der Waals surface area contributed by atoms with Crippen molar-refractivity contribution < 1.29 is 19.1 Å². The number of ether oxygens (including phenoxy) is 2. The lowest BCUT2D eigenvalue weighted by molar-refractivity contribution is 0.0734. The second-order valence-corrected chi connectivity index (χ2v) is 7.69. The third kappa shape index (κ3) is 5.42. The van der Waals surface area contributed by atoms with E-state index in [2.05, 4.69) is 10.5 Å². The molecule has 7 heteroatoms. The van der Waals surface area contributed by atoms with Crippen LogP contribution in [0, 0.1) is 0 Å². The van der Waals surface area contributed by atoms with Crippen LogP contribution in [0.4, 0.5) is 0 Å². The number of esters is 1. The molecule has 0 atom stereocenters. The van der Waals surface area contributed by atoms with Crippen molar-refractivity contribution in [3.63, 3.8) is 0 Å². The predicted molar refractivity (Wildman–Crippen MR) is 133 cm³/mol. The van der Waals surface area contributed by atoms with Gasteiger partial charge in [-0.05, 0) is 72.3 Å². The average Bonchev–Trinajstić information content (AvgIpc) is 2.86. The van der Waals surface area contributed by atoms with Crippen molar-refractivity contribution in [2.75, 3.05) is 6.61 Å². The molecule has 6 nitrogen and oxygen atoms in total. The van der Waals surface area contributed by atoms with Crippen LogP contribution < -0.4 is 14.9 Å². The highest BCUT2D eigenvalue weighted by molar-refractivity contribution is 6.30. The maximum Gasteiger partial charge on any atom is 0.343 e. The van der Waals surface area contributed by atoms with Gasteiger partial charge in [-0.3, -0.25) is 4.79 Å². The van der Waals surface area contributed by atoms with E-state index in [9.17, 15) is 9.59 Å². The molecule has 1 amide bonds. The number of amides is 1. The van der Waals surface area contributed by atoms with Crippen molar-refractivity contribution >= 4 is 40.5 Å². The molecule has 0 radical (unpaired) electrons. The smallest absolute Gasteiger partial charge is 0.343 e. The molecule has 0 aromatic heterocycles. The van der Waals surface area contributed by atoms with E-state index in [1.807, 2.05) is 37.3 Å². The third-order valence-corrected chi connectivity index (χ3v) is 5.25. The Morgan fingerprint density at radius 3 is 2.35 bits per heavy atom. The predicted octanol–water partition coefficient (Wildman–Crippen LogP) is 5.88. The van der Waals surface area contributed by atoms with Crippen LogP contribution >= 0.6 is 11.6 Å². The summed E-state index contributed by atoms with van der Waals surface area (Å²) < 4.78 is 11.1. The first kappa shape index (κ1) is 23.0. The van der Waals surface area contributed by atoms with Crippen LogP contribution in [0.5, 0.6) is 11.5 Å². The molecule has 34 heavy (non-hydrogen) atoms. The molecule has 4 rings (SSSR count). The lowest BCUT2D eigenvalue weighted by atomic mass is 10.0. The SMILES string of the molecule is CCOc1ccc(C(=O)Oc2ccc3ccccc3c2C=NNC(=O)c2ccc(Cl)cc2)cc1. The topological polar surface area (TPSA) is 77.0 Å². The fourth-order valence-corrected chi connectivity index (χ4v) is 3.46. The number of nitrogens with zero attached hydrogens (tertiary/aromatic N) is 1. The van der Waals surface area contributed by atoms with Crippen LogP contribution in [0.25, 0.3) is 10.8 Å². The number of fused-ring (bicyclic) bond motifs is 1. The molecule has 0 saturated heterocycles. The van der Waals surface area contributed by atoms with E-state index in [4.69, 9.17) is 21.1 Å². The lowest BCUT2D eigenvalue weighted by Crippen LogP contribution is -2.17. The maximum absolute atomic E-state index is 12.8. The Kier molecular flexibility index (Phi) is 7.20. The summed E-state index contributed by atoms with van der Waals surface area (Å²) in [6.45, 7) is 2.43. The van der Waals surface area contributed by atoms with Gasteiger partial charge in [0.15, 0.2) is 0 Å². The Balaban J connectivity index is 1.58. The zero-order valence-corrected chi connectivity index (χ0v) is 19.1.